The zero-order chi connectivity index (χ0) is 25.1. The molecule has 8 nitrogen and oxygen atoms in total. The van der Waals surface area contributed by atoms with E-state index in [-0.39, 0.29) is 17.6 Å². The summed E-state index contributed by atoms with van der Waals surface area (Å²) in [5.41, 5.74) is 1.54. The van der Waals surface area contributed by atoms with Crippen LogP contribution in [0.5, 0.6) is 0 Å². The van der Waals surface area contributed by atoms with Crippen LogP contribution in [-0.4, -0.2) is 70.4 Å². The number of ether oxygens (including phenoxy) is 1. The van der Waals surface area contributed by atoms with E-state index in [2.05, 4.69) is 20.1 Å². The van der Waals surface area contributed by atoms with Crippen molar-refractivity contribution >= 4 is 34.9 Å². The SMILES string of the molecule is O=C(O)c1ccc(Cl)c(-c2ccc([C@@H]3[C@H](c4ccccn4)NC(=S)N3CCCN3CCOCC3)o2)c1. The van der Waals surface area contributed by atoms with Crippen molar-refractivity contribution in [3.8, 4) is 11.3 Å². The number of carbonyl (C=O) groups is 1. The average Bonchev–Trinajstić information content (AvgIpc) is 3.50. The van der Waals surface area contributed by atoms with Gasteiger partial charge in [0.15, 0.2) is 5.11 Å². The third kappa shape index (κ3) is 5.24. The highest BCUT2D eigenvalue weighted by Crippen LogP contribution is 2.41. The van der Waals surface area contributed by atoms with E-state index >= 15 is 0 Å². The summed E-state index contributed by atoms with van der Waals surface area (Å²) in [4.78, 5) is 20.6. The third-order valence-electron chi connectivity index (χ3n) is 6.57. The molecule has 188 valence electrons. The minimum absolute atomic E-state index is 0.146. The van der Waals surface area contributed by atoms with Gasteiger partial charge in [-0.25, -0.2) is 4.79 Å². The molecule has 10 heteroatoms. The summed E-state index contributed by atoms with van der Waals surface area (Å²) in [6, 6.07) is 13.7. The van der Waals surface area contributed by atoms with E-state index in [0.29, 0.717) is 27.2 Å². The number of aromatic nitrogens is 1. The molecule has 2 aliphatic heterocycles. The van der Waals surface area contributed by atoms with Crippen LogP contribution in [0.3, 0.4) is 0 Å². The maximum atomic E-state index is 11.5. The van der Waals surface area contributed by atoms with Crippen molar-refractivity contribution in [2.45, 2.75) is 18.5 Å². The molecule has 0 unspecified atom stereocenters. The Morgan fingerprint density at radius 1 is 1.17 bits per heavy atom. The molecule has 0 amide bonds. The van der Waals surface area contributed by atoms with Gasteiger partial charge in [0, 0.05) is 37.9 Å². The second-order valence-electron chi connectivity index (χ2n) is 8.83. The Labute approximate surface area is 219 Å². The summed E-state index contributed by atoms with van der Waals surface area (Å²) in [5, 5.41) is 13.9. The van der Waals surface area contributed by atoms with Crippen molar-refractivity contribution < 1.29 is 19.1 Å². The smallest absolute Gasteiger partial charge is 0.335 e. The molecule has 2 N–H and O–H groups in total. The lowest BCUT2D eigenvalue weighted by Gasteiger charge is -2.29. The minimum Gasteiger partial charge on any atom is -0.478 e. The van der Waals surface area contributed by atoms with Crippen LogP contribution >= 0.6 is 23.8 Å². The number of carboxylic acid groups (broad SMARTS) is 1. The number of furan rings is 1. The van der Waals surface area contributed by atoms with Gasteiger partial charge in [0.25, 0.3) is 0 Å². The molecule has 2 aromatic heterocycles. The van der Waals surface area contributed by atoms with Crippen molar-refractivity contribution in [3.05, 3.63) is 76.8 Å². The molecule has 2 aliphatic rings. The van der Waals surface area contributed by atoms with E-state index in [1.807, 2.05) is 30.3 Å². The first kappa shape index (κ1) is 24.7. The van der Waals surface area contributed by atoms with Crippen molar-refractivity contribution in [2.24, 2.45) is 0 Å². The predicted molar refractivity (Wildman–Crippen MR) is 140 cm³/mol. The van der Waals surface area contributed by atoms with Crippen LogP contribution in [0.2, 0.25) is 5.02 Å². The van der Waals surface area contributed by atoms with Crippen LogP contribution in [0.4, 0.5) is 0 Å². The number of rotatable bonds is 8. The number of nitrogens with one attached hydrogen (secondary N) is 1. The molecule has 36 heavy (non-hydrogen) atoms. The Morgan fingerprint density at radius 2 is 2.00 bits per heavy atom. The molecule has 2 saturated heterocycles. The Bertz CT molecular complexity index is 1230. The van der Waals surface area contributed by atoms with Crippen molar-refractivity contribution in [1.29, 1.82) is 0 Å². The molecule has 0 spiro atoms. The van der Waals surface area contributed by atoms with Gasteiger partial charge in [-0.05, 0) is 61.1 Å². The summed E-state index contributed by atoms with van der Waals surface area (Å²) >= 11 is 12.2. The van der Waals surface area contributed by atoms with Gasteiger partial charge in [-0.15, -0.1) is 0 Å². The average molecular weight is 527 g/mol. The number of carboxylic acids is 1. The standard InChI is InChI=1S/C26H27ClN4O4S/c27-19-6-5-17(25(32)33)16-18(19)21-7-8-22(35-21)24-23(20-4-1-2-9-28-20)29-26(36)31(24)11-3-10-30-12-14-34-15-13-30/h1-2,4-9,16,23-24H,3,10-15H2,(H,29,36)(H,32,33)/t23-,24+/m0/s1. The van der Waals surface area contributed by atoms with Crippen molar-refractivity contribution in [2.75, 3.05) is 39.4 Å². The van der Waals surface area contributed by atoms with Crippen LogP contribution in [0.1, 0.15) is 40.3 Å². The fourth-order valence-corrected chi connectivity index (χ4v) is 5.29. The maximum Gasteiger partial charge on any atom is 0.335 e. The Kier molecular flexibility index (Phi) is 7.52. The Hall–Kier alpha value is -2.98. The highest BCUT2D eigenvalue weighted by molar-refractivity contribution is 7.80. The van der Waals surface area contributed by atoms with E-state index in [1.54, 1.807) is 12.3 Å². The first-order chi connectivity index (χ1) is 17.5. The lowest BCUT2D eigenvalue weighted by molar-refractivity contribution is 0.0365. The predicted octanol–water partition coefficient (Wildman–Crippen LogP) is 4.39. The second kappa shape index (κ2) is 11.0. The van der Waals surface area contributed by atoms with Gasteiger partial charge in [-0.3, -0.25) is 9.88 Å². The molecule has 0 saturated carbocycles. The molecule has 1 aromatic carbocycles. The normalized spacial score (nSPS) is 20.5. The molecule has 4 heterocycles. The lowest BCUT2D eigenvalue weighted by atomic mass is 10.0. The van der Waals surface area contributed by atoms with Crippen LogP contribution in [0.25, 0.3) is 11.3 Å². The van der Waals surface area contributed by atoms with E-state index in [1.165, 1.54) is 12.1 Å². The largest absolute Gasteiger partial charge is 0.478 e. The van der Waals surface area contributed by atoms with E-state index in [9.17, 15) is 9.90 Å². The molecule has 0 aliphatic carbocycles. The molecular formula is C26H27ClN4O4S. The van der Waals surface area contributed by atoms with Gasteiger partial charge >= 0.3 is 5.97 Å². The summed E-state index contributed by atoms with van der Waals surface area (Å²) in [6.45, 7) is 5.15. The summed E-state index contributed by atoms with van der Waals surface area (Å²) in [5.74, 6) is 0.187. The number of thiocarbonyl (C=S) groups is 1. The topological polar surface area (TPSA) is 91.1 Å². The van der Waals surface area contributed by atoms with Gasteiger partial charge < -0.3 is 24.5 Å². The molecular weight excluding hydrogens is 500 g/mol. The monoisotopic (exact) mass is 526 g/mol. The number of benzene rings is 1. The van der Waals surface area contributed by atoms with Crippen LogP contribution < -0.4 is 5.32 Å². The number of nitrogens with zero attached hydrogens (tertiary/aromatic N) is 3. The Morgan fingerprint density at radius 3 is 2.75 bits per heavy atom. The van der Waals surface area contributed by atoms with Crippen LogP contribution in [0.15, 0.2) is 59.1 Å². The van der Waals surface area contributed by atoms with Crippen LogP contribution in [0, 0.1) is 0 Å². The molecule has 0 bridgehead atoms. The minimum atomic E-state index is -1.02. The van der Waals surface area contributed by atoms with E-state index in [4.69, 9.17) is 33.0 Å². The van der Waals surface area contributed by atoms with Gasteiger partial charge in [0.2, 0.25) is 0 Å². The number of morpholine rings is 1. The highest BCUT2D eigenvalue weighted by atomic mass is 35.5. The highest BCUT2D eigenvalue weighted by Gasteiger charge is 2.41. The summed E-state index contributed by atoms with van der Waals surface area (Å²) in [6.07, 6.45) is 2.70. The van der Waals surface area contributed by atoms with E-state index in [0.717, 1.165) is 51.5 Å². The van der Waals surface area contributed by atoms with Crippen molar-refractivity contribution in [3.63, 3.8) is 0 Å². The van der Waals surface area contributed by atoms with Gasteiger partial charge in [0.05, 0.1) is 35.5 Å². The number of halogens is 1. The molecule has 2 atom stereocenters. The maximum absolute atomic E-state index is 11.5. The van der Waals surface area contributed by atoms with Gasteiger partial charge in [-0.2, -0.15) is 0 Å². The third-order valence-corrected chi connectivity index (χ3v) is 7.25. The number of hydrogen-bond donors (Lipinski definition) is 2. The molecule has 0 radical (unpaired) electrons. The quantitative estimate of drug-likeness (QED) is 0.415. The van der Waals surface area contributed by atoms with Gasteiger partial charge in [0.1, 0.15) is 17.6 Å². The molecule has 5 rings (SSSR count). The summed E-state index contributed by atoms with van der Waals surface area (Å²) < 4.78 is 11.8. The summed E-state index contributed by atoms with van der Waals surface area (Å²) in [7, 11) is 0. The Balaban J connectivity index is 1.43. The van der Waals surface area contributed by atoms with Gasteiger partial charge in [-0.1, -0.05) is 17.7 Å². The zero-order valence-corrected chi connectivity index (χ0v) is 21.2. The first-order valence-electron chi connectivity index (χ1n) is 11.9. The molecule has 2 fully saturated rings. The number of hydrogen-bond acceptors (Lipinski definition) is 6. The first-order valence-corrected chi connectivity index (χ1v) is 12.7. The van der Waals surface area contributed by atoms with Crippen LogP contribution in [-0.2, 0) is 4.74 Å². The zero-order valence-electron chi connectivity index (χ0n) is 19.6. The molecule has 3 aromatic rings. The number of aromatic carboxylic acids is 1. The second-order valence-corrected chi connectivity index (χ2v) is 9.62. The van der Waals surface area contributed by atoms with E-state index < -0.39 is 5.97 Å². The number of pyridine rings is 1. The fraction of sp³-hybridized carbons (Fsp3) is 0.346. The lowest BCUT2D eigenvalue weighted by Crippen LogP contribution is -2.38. The van der Waals surface area contributed by atoms with Crippen molar-refractivity contribution in [1.82, 2.24) is 20.1 Å². The fourth-order valence-electron chi connectivity index (χ4n) is 4.75.